The van der Waals surface area contributed by atoms with E-state index in [9.17, 15) is 9.59 Å². The highest BCUT2D eigenvalue weighted by Crippen LogP contribution is 2.48. The molecule has 0 saturated carbocycles. The molecule has 0 atom stereocenters. The van der Waals surface area contributed by atoms with Crippen molar-refractivity contribution < 1.29 is 9.59 Å². The summed E-state index contributed by atoms with van der Waals surface area (Å²) < 4.78 is 0. The number of hydrogen-bond donors (Lipinski definition) is 0. The largest absolute Gasteiger partial charge is 0.302 e. The predicted octanol–water partition coefficient (Wildman–Crippen LogP) is 9.23. The van der Waals surface area contributed by atoms with E-state index in [1.165, 1.54) is 0 Å². The van der Waals surface area contributed by atoms with Gasteiger partial charge < -0.3 is 9.80 Å². The van der Waals surface area contributed by atoms with Gasteiger partial charge in [-0.1, -0.05) is 170 Å². The highest BCUT2D eigenvalue weighted by Gasteiger charge is 2.48. The second-order valence-electron chi connectivity index (χ2n) is 12.1. The Morgan fingerprint density at radius 2 is 0.583 bits per heavy atom. The lowest BCUT2D eigenvalue weighted by atomic mass is 9.98. The lowest BCUT2D eigenvalue weighted by Crippen LogP contribution is -2.29. The molecule has 0 N–H and O–H groups in total. The van der Waals surface area contributed by atoms with E-state index in [0.717, 1.165) is 44.5 Å². The molecule has 4 nitrogen and oxygen atoms in total. The van der Waals surface area contributed by atoms with E-state index in [1.807, 2.05) is 121 Å². The Balaban J connectivity index is 1.30. The number of amides is 2. The standard InChI is InChI=1S/C44H32N2O2/c47-43-40-39(41(45(43)29-31-13-5-1-6-14-31)37-25-21-35(22-26-37)33-17-9-3-10-18-33)44(48)46(30-32-15-7-2-8-16-32)42(40)38-27-23-36(24-28-38)34-19-11-4-12-20-34/h1-28H,29-30H2. The summed E-state index contributed by atoms with van der Waals surface area (Å²) in [4.78, 5) is 33.0. The summed E-state index contributed by atoms with van der Waals surface area (Å²) in [6.45, 7) is 0.712. The van der Waals surface area contributed by atoms with Gasteiger partial charge in [0.15, 0.2) is 0 Å². The molecule has 2 heterocycles. The van der Waals surface area contributed by atoms with Crippen molar-refractivity contribution in [2.75, 3.05) is 0 Å². The zero-order chi connectivity index (χ0) is 32.5. The van der Waals surface area contributed by atoms with Crippen LogP contribution in [0.2, 0.25) is 0 Å². The summed E-state index contributed by atoms with van der Waals surface area (Å²) in [7, 11) is 0. The molecule has 2 aliphatic rings. The second-order valence-corrected chi connectivity index (χ2v) is 12.1. The Hall–Kier alpha value is -6.26. The summed E-state index contributed by atoms with van der Waals surface area (Å²) in [5, 5.41) is 0. The Morgan fingerprint density at radius 3 is 0.917 bits per heavy atom. The molecule has 2 aliphatic heterocycles. The van der Waals surface area contributed by atoms with Crippen LogP contribution in [-0.4, -0.2) is 21.6 Å². The van der Waals surface area contributed by atoms with Gasteiger partial charge in [-0.15, -0.1) is 0 Å². The van der Waals surface area contributed by atoms with Crippen LogP contribution in [0.5, 0.6) is 0 Å². The lowest BCUT2D eigenvalue weighted by molar-refractivity contribution is -0.124. The zero-order valence-corrected chi connectivity index (χ0v) is 26.3. The lowest BCUT2D eigenvalue weighted by Gasteiger charge is -2.26. The van der Waals surface area contributed by atoms with Crippen molar-refractivity contribution in [1.82, 2.24) is 9.80 Å². The first-order valence-electron chi connectivity index (χ1n) is 16.2. The number of fused-ring (bicyclic) bond motifs is 1. The molecule has 0 unspecified atom stereocenters. The molecule has 0 bridgehead atoms. The van der Waals surface area contributed by atoms with Crippen molar-refractivity contribution in [3.63, 3.8) is 0 Å². The fraction of sp³-hybridized carbons (Fsp3) is 0.0455. The molecule has 0 fully saturated rings. The van der Waals surface area contributed by atoms with Gasteiger partial charge >= 0.3 is 0 Å². The first kappa shape index (κ1) is 29.2. The van der Waals surface area contributed by atoms with Gasteiger partial charge in [0.1, 0.15) is 0 Å². The SMILES string of the molecule is O=C1C2=C(c3ccc(-c4ccccc4)cc3)N(Cc3ccccc3)C(=O)C2=C(c2ccc(-c3ccccc3)cc2)N1Cc1ccccc1. The minimum Gasteiger partial charge on any atom is -0.302 e. The van der Waals surface area contributed by atoms with E-state index >= 15 is 0 Å². The molecule has 6 aromatic rings. The summed E-state index contributed by atoms with van der Waals surface area (Å²) in [6.07, 6.45) is 0. The molecule has 4 heteroatoms. The van der Waals surface area contributed by atoms with Crippen LogP contribution >= 0.6 is 0 Å². The van der Waals surface area contributed by atoms with E-state index in [0.29, 0.717) is 35.6 Å². The summed E-state index contributed by atoms with van der Waals surface area (Å²) in [6, 6.07) is 56.7. The molecule has 0 radical (unpaired) electrons. The molecule has 6 aromatic carbocycles. The maximum atomic E-state index is 14.7. The fourth-order valence-corrected chi connectivity index (χ4v) is 6.73. The third kappa shape index (κ3) is 5.33. The van der Waals surface area contributed by atoms with E-state index in [4.69, 9.17) is 0 Å². The summed E-state index contributed by atoms with van der Waals surface area (Å²) >= 11 is 0. The van der Waals surface area contributed by atoms with E-state index < -0.39 is 0 Å². The van der Waals surface area contributed by atoms with Crippen LogP contribution in [-0.2, 0) is 22.7 Å². The van der Waals surface area contributed by atoms with Gasteiger partial charge in [0.05, 0.1) is 35.6 Å². The van der Waals surface area contributed by atoms with Crippen LogP contribution in [0.15, 0.2) is 181 Å². The molecule has 230 valence electrons. The smallest absolute Gasteiger partial charge is 0.261 e. The number of rotatable bonds is 8. The highest BCUT2D eigenvalue weighted by molar-refractivity contribution is 6.30. The Kier molecular flexibility index (Phi) is 7.60. The molecule has 48 heavy (non-hydrogen) atoms. The van der Waals surface area contributed by atoms with Gasteiger partial charge in [0.25, 0.3) is 11.8 Å². The maximum absolute atomic E-state index is 14.7. The quantitative estimate of drug-likeness (QED) is 0.170. The highest BCUT2D eigenvalue weighted by atomic mass is 16.2. The molecule has 0 aromatic heterocycles. The van der Waals surface area contributed by atoms with Crippen LogP contribution in [0.1, 0.15) is 22.3 Å². The van der Waals surface area contributed by atoms with Crippen molar-refractivity contribution in [3.8, 4) is 22.3 Å². The van der Waals surface area contributed by atoms with Gasteiger partial charge in [-0.05, 0) is 44.5 Å². The number of carbonyl (C=O) groups is 2. The maximum Gasteiger partial charge on any atom is 0.261 e. The van der Waals surface area contributed by atoms with Crippen molar-refractivity contribution in [3.05, 3.63) is 203 Å². The Labute approximate surface area is 280 Å². The Bertz CT molecular complexity index is 2010. The predicted molar refractivity (Wildman–Crippen MR) is 192 cm³/mol. The van der Waals surface area contributed by atoms with Gasteiger partial charge in [-0.25, -0.2) is 0 Å². The van der Waals surface area contributed by atoms with Crippen LogP contribution in [0.25, 0.3) is 33.6 Å². The average molecular weight is 621 g/mol. The molecular formula is C44H32N2O2. The van der Waals surface area contributed by atoms with Crippen LogP contribution < -0.4 is 0 Å². The average Bonchev–Trinajstić information content (AvgIpc) is 3.59. The van der Waals surface area contributed by atoms with Gasteiger partial charge in [-0.3, -0.25) is 9.59 Å². The number of hydrogen-bond acceptors (Lipinski definition) is 2. The second kappa shape index (κ2) is 12.5. The first-order valence-corrected chi connectivity index (χ1v) is 16.2. The van der Waals surface area contributed by atoms with Crippen molar-refractivity contribution in [2.24, 2.45) is 0 Å². The minimum atomic E-state index is -0.165. The zero-order valence-electron chi connectivity index (χ0n) is 26.3. The third-order valence-corrected chi connectivity index (χ3v) is 9.08. The molecule has 0 saturated heterocycles. The van der Waals surface area contributed by atoms with Crippen LogP contribution in [0, 0.1) is 0 Å². The first-order chi connectivity index (χ1) is 23.7. The van der Waals surface area contributed by atoms with E-state index in [2.05, 4.69) is 48.5 Å². The minimum absolute atomic E-state index is 0.165. The summed E-state index contributed by atoms with van der Waals surface area (Å²) in [5.41, 5.74) is 10.2. The van der Waals surface area contributed by atoms with E-state index in [-0.39, 0.29) is 11.8 Å². The van der Waals surface area contributed by atoms with Gasteiger partial charge in [-0.2, -0.15) is 0 Å². The van der Waals surface area contributed by atoms with Crippen LogP contribution in [0.3, 0.4) is 0 Å². The molecule has 2 amide bonds. The van der Waals surface area contributed by atoms with Crippen molar-refractivity contribution in [2.45, 2.75) is 13.1 Å². The van der Waals surface area contributed by atoms with Crippen molar-refractivity contribution in [1.29, 1.82) is 0 Å². The Morgan fingerprint density at radius 1 is 0.312 bits per heavy atom. The molecule has 8 rings (SSSR count). The molecular weight excluding hydrogens is 588 g/mol. The monoisotopic (exact) mass is 620 g/mol. The van der Waals surface area contributed by atoms with Gasteiger partial charge in [0, 0.05) is 0 Å². The topological polar surface area (TPSA) is 40.6 Å². The normalized spacial score (nSPS) is 14.2. The molecule has 0 spiro atoms. The van der Waals surface area contributed by atoms with Crippen molar-refractivity contribution >= 4 is 23.2 Å². The van der Waals surface area contributed by atoms with Crippen LogP contribution in [0.4, 0.5) is 0 Å². The number of carbonyl (C=O) groups excluding carboxylic acids is 2. The van der Waals surface area contributed by atoms with E-state index in [1.54, 1.807) is 9.80 Å². The number of nitrogens with zero attached hydrogens (tertiary/aromatic N) is 2. The third-order valence-electron chi connectivity index (χ3n) is 9.08. The number of benzene rings is 6. The van der Waals surface area contributed by atoms with Gasteiger partial charge in [0.2, 0.25) is 0 Å². The molecule has 0 aliphatic carbocycles. The fourth-order valence-electron chi connectivity index (χ4n) is 6.73. The summed E-state index contributed by atoms with van der Waals surface area (Å²) in [5.74, 6) is -0.330.